The molecule has 0 aliphatic rings. The largest absolute Gasteiger partial charge is 0.493 e. The monoisotopic (exact) mass is 822 g/mol. The molecular weight excluding hydrogens is 772 g/mol. The second kappa shape index (κ2) is 18.1. The van der Waals surface area contributed by atoms with Crippen LogP contribution < -0.4 is 9.47 Å². The predicted octanol–water partition coefficient (Wildman–Crippen LogP) is 10.1. The van der Waals surface area contributed by atoms with E-state index in [0.29, 0.717) is 50.0 Å². The quantitative estimate of drug-likeness (QED) is 0.0545. The maximum atomic E-state index is 14.1. The number of para-hydroxylation sites is 2. The van der Waals surface area contributed by atoms with E-state index in [4.69, 9.17) is 24.0 Å². The van der Waals surface area contributed by atoms with Crippen molar-refractivity contribution in [3.05, 3.63) is 114 Å². The molecular formula is C45H51BrN4O6. The normalized spacial score (nSPS) is 11.6. The van der Waals surface area contributed by atoms with Gasteiger partial charge in [-0.2, -0.15) is 5.10 Å². The van der Waals surface area contributed by atoms with Gasteiger partial charge in [-0.05, 0) is 76.1 Å². The molecule has 2 aromatic heterocycles. The topological polar surface area (TPSA) is 97.0 Å². The summed E-state index contributed by atoms with van der Waals surface area (Å²) >= 11 is 3.73. The van der Waals surface area contributed by atoms with Gasteiger partial charge in [-0.3, -0.25) is 4.68 Å². The first-order valence-electron chi connectivity index (χ1n) is 19.2. The summed E-state index contributed by atoms with van der Waals surface area (Å²) < 4.78 is 28.0. The van der Waals surface area contributed by atoms with Gasteiger partial charge >= 0.3 is 12.1 Å². The van der Waals surface area contributed by atoms with E-state index < -0.39 is 11.7 Å². The summed E-state index contributed by atoms with van der Waals surface area (Å²) in [7, 11) is 3.67. The van der Waals surface area contributed by atoms with Crippen molar-refractivity contribution in [2.75, 3.05) is 26.8 Å². The number of fused-ring (bicyclic) bond motifs is 2. The van der Waals surface area contributed by atoms with Crippen molar-refractivity contribution in [2.45, 2.75) is 71.0 Å². The van der Waals surface area contributed by atoms with E-state index in [-0.39, 0.29) is 19.2 Å². The number of nitrogens with zero attached hydrogens (tertiary/aromatic N) is 4. The molecule has 0 saturated carbocycles. The van der Waals surface area contributed by atoms with Crippen molar-refractivity contribution in [1.29, 1.82) is 0 Å². The van der Waals surface area contributed by atoms with Crippen molar-refractivity contribution in [1.82, 2.24) is 19.2 Å². The summed E-state index contributed by atoms with van der Waals surface area (Å²) in [4.78, 5) is 28.6. The van der Waals surface area contributed by atoms with Crippen molar-refractivity contribution in [2.24, 2.45) is 7.05 Å². The van der Waals surface area contributed by atoms with E-state index in [2.05, 4.69) is 50.8 Å². The minimum absolute atomic E-state index is 0.232. The van der Waals surface area contributed by atoms with Crippen LogP contribution in [0.5, 0.6) is 11.5 Å². The van der Waals surface area contributed by atoms with Crippen molar-refractivity contribution >= 4 is 49.7 Å². The van der Waals surface area contributed by atoms with Crippen LogP contribution in [0.4, 0.5) is 4.79 Å². The number of rotatable bonds is 16. The number of amides is 1. The molecule has 4 aromatic carbocycles. The van der Waals surface area contributed by atoms with Crippen LogP contribution in [0.3, 0.4) is 0 Å². The van der Waals surface area contributed by atoms with E-state index in [1.807, 2.05) is 100 Å². The Labute approximate surface area is 337 Å². The Hall–Kier alpha value is -5.29. The van der Waals surface area contributed by atoms with Gasteiger partial charge in [-0.15, -0.1) is 0 Å². The van der Waals surface area contributed by atoms with Crippen molar-refractivity contribution in [3.63, 3.8) is 0 Å². The maximum absolute atomic E-state index is 14.1. The van der Waals surface area contributed by atoms with Gasteiger partial charge in [0, 0.05) is 54.4 Å². The second-order valence-corrected chi connectivity index (χ2v) is 15.3. The van der Waals surface area contributed by atoms with Crippen LogP contribution in [-0.4, -0.2) is 63.7 Å². The van der Waals surface area contributed by atoms with Crippen molar-refractivity contribution in [3.8, 4) is 22.6 Å². The van der Waals surface area contributed by atoms with Gasteiger partial charge in [0.2, 0.25) is 0 Å². The SMILES string of the molecule is CCOC(=O)c1c(CCCOc2cccc3ccccc23)c2cccc(-c3c(COc4ccccc4)nn(C)c3CBr)c2n1CCCN(C)C(=O)OC(C)(C)C. The number of aromatic nitrogens is 3. The minimum Gasteiger partial charge on any atom is -0.493 e. The third kappa shape index (κ3) is 9.21. The Balaban J connectivity index is 1.42. The van der Waals surface area contributed by atoms with Gasteiger partial charge in [0.25, 0.3) is 0 Å². The Morgan fingerprint density at radius 3 is 2.34 bits per heavy atom. The van der Waals surface area contributed by atoms with E-state index in [1.54, 1.807) is 11.9 Å². The summed E-state index contributed by atoms with van der Waals surface area (Å²) in [5, 5.41) is 8.62. The summed E-state index contributed by atoms with van der Waals surface area (Å²) in [6, 6.07) is 30.2. The molecule has 0 fully saturated rings. The number of hydrogen-bond donors (Lipinski definition) is 0. The zero-order chi connectivity index (χ0) is 39.8. The maximum Gasteiger partial charge on any atom is 0.410 e. The summed E-state index contributed by atoms with van der Waals surface area (Å²) in [6.07, 6.45) is 1.40. The molecule has 56 heavy (non-hydrogen) atoms. The fourth-order valence-electron chi connectivity index (χ4n) is 7.09. The number of esters is 1. The van der Waals surface area contributed by atoms with Crippen LogP contribution >= 0.6 is 15.9 Å². The molecule has 0 N–H and O–H groups in total. The molecule has 294 valence electrons. The fourth-order valence-corrected chi connectivity index (χ4v) is 7.74. The lowest BCUT2D eigenvalue weighted by molar-refractivity contribution is 0.0294. The molecule has 0 unspecified atom stereocenters. The van der Waals surface area contributed by atoms with Crippen molar-refractivity contribution < 1.29 is 28.5 Å². The Kier molecular flexibility index (Phi) is 13.1. The zero-order valence-electron chi connectivity index (χ0n) is 33.1. The van der Waals surface area contributed by atoms with Gasteiger partial charge in [-0.1, -0.05) is 88.7 Å². The lowest BCUT2D eigenvalue weighted by Gasteiger charge is -2.24. The van der Waals surface area contributed by atoms with Crippen LogP contribution in [0.2, 0.25) is 0 Å². The summed E-state index contributed by atoms with van der Waals surface area (Å²) in [5.41, 5.74) is 5.32. The molecule has 6 rings (SSSR count). The number of carbonyl (C=O) groups is 2. The predicted molar refractivity (Wildman–Crippen MR) is 225 cm³/mol. The van der Waals surface area contributed by atoms with E-state index in [1.165, 1.54) is 0 Å². The molecule has 2 heterocycles. The molecule has 11 heteroatoms. The Morgan fingerprint density at radius 1 is 0.875 bits per heavy atom. The number of alkyl halides is 1. The van der Waals surface area contributed by atoms with Crippen LogP contribution in [-0.2, 0) is 41.4 Å². The van der Waals surface area contributed by atoms with E-state index in [0.717, 1.165) is 61.3 Å². The first kappa shape index (κ1) is 40.4. The van der Waals surface area contributed by atoms with E-state index in [9.17, 15) is 9.59 Å². The lowest BCUT2D eigenvalue weighted by atomic mass is 9.98. The number of hydrogen-bond acceptors (Lipinski definition) is 7. The first-order valence-corrected chi connectivity index (χ1v) is 20.3. The van der Waals surface area contributed by atoms with Gasteiger partial charge in [0.15, 0.2) is 0 Å². The van der Waals surface area contributed by atoms with Gasteiger partial charge in [0.05, 0.1) is 24.4 Å². The number of benzene rings is 4. The average Bonchev–Trinajstić information content (AvgIpc) is 3.68. The summed E-state index contributed by atoms with van der Waals surface area (Å²) in [5.74, 6) is 1.19. The Bertz CT molecular complexity index is 2290. The van der Waals surface area contributed by atoms with Crippen LogP contribution in [0, 0.1) is 0 Å². The third-order valence-electron chi connectivity index (χ3n) is 9.57. The molecule has 0 atom stereocenters. The highest BCUT2D eigenvalue weighted by Crippen LogP contribution is 2.39. The highest BCUT2D eigenvalue weighted by atomic mass is 79.9. The zero-order valence-corrected chi connectivity index (χ0v) is 34.7. The molecule has 10 nitrogen and oxygen atoms in total. The van der Waals surface area contributed by atoms with Gasteiger partial charge in [-0.25, -0.2) is 9.59 Å². The minimum atomic E-state index is -0.612. The number of aryl methyl sites for hydroxylation is 3. The lowest BCUT2D eigenvalue weighted by Crippen LogP contribution is -2.35. The highest BCUT2D eigenvalue weighted by Gasteiger charge is 2.29. The molecule has 1 amide bonds. The van der Waals surface area contributed by atoms with E-state index >= 15 is 0 Å². The molecule has 0 radical (unpaired) electrons. The second-order valence-electron chi connectivity index (χ2n) is 14.7. The number of ether oxygens (including phenoxy) is 4. The average molecular weight is 824 g/mol. The van der Waals surface area contributed by atoms with Gasteiger partial charge in [0.1, 0.15) is 35.1 Å². The number of carbonyl (C=O) groups excluding carboxylic acids is 2. The highest BCUT2D eigenvalue weighted by molar-refractivity contribution is 9.08. The molecule has 0 aliphatic carbocycles. The smallest absolute Gasteiger partial charge is 0.410 e. The standard InChI is InChI=1S/C45H51BrN4O6/c1-7-53-43(51)42-35(24-15-28-54-39-25-13-18-31-17-11-12-21-33(31)39)34-22-14-23-36(41(34)50(42)27-16-26-48(5)44(52)56-45(2,3)4)40-37(47-49(6)38(40)29-46)30-55-32-19-9-8-10-20-32/h8-14,17-23,25H,7,15-16,24,26-30H2,1-6H3. The third-order valence-corrected chi connectivity index (χ3v) is 10.1. The van der Waals surface area contributed by atoms with Crippen LogP contribution in [0.25, 0.3) is 32.8 Å². The summed E-state index contributed by atoms with van der Waals surface area (Å²) in [6.45, 7) is 9.18. The fraction of sp³-hybridized carbons (Fsp3) is 0.356. The molecule has 0 aliphatic heterocycles. The number of halogens is 1. The Morgan fingerprint density at radius 2 is 1.59 bits per heavy atom. The molecule has 6 aromatic rings. The van der Waals surface area contributed by atoms with Crippen LogP contribution in [0.15, 0.2) is 91.0 Å². The molecule has 0 saturated heterocycles. The molecule has 0 bridgehead atoms. The first-order chi connectivity index (χ1) is 27.0. The van der Waals surface area contributed by atoms with Gasteiger partial charge < -0.3 is 28.4 Å². The van der Waals surface area contributed by atoms with Crippen LogP contribution in [0.1, 0.15) is 68.0 Å². The molecule has 0 spiro atoms.